The van der Waals surface area contributed by atoms with Gasteiger partial charge in [-0.1, -0.05) is 0 Å². The number of ether oxygens (including phenoxy) is 2. The van der Waals surface area contributed by atoms with Gasteiger partial charge in [-0.05, 0) is 24.3 Å². The first kappa shape index (κ1) is 11.5. The number of carboxylic acids is 1. The molecule has 0 spiro atoms. The highest BCUT2D eigenvalue weighted by molar-refractivity contribution is 5.88. The predicted octanol–water partition coefficient (Wildman–Crippen LogP) is 0.989. The minimum Gasteiger partial charge on any atom is -0.478 e. The van der Waals surface area contributed by atoms with Crippen LogP contribution in [0.1, 0.15) is 10.4 Å². The Morgan fingerprint density at radius 1 is 1.17 bits per heavy atom. The summed E-state index contributed by atoms with van der Waals surface area (Å²) in [6, 6.07) is 6.95. The van der Waals surface area contributed by atoms with Crippen LogP contribution in [0, 0.1) is 0 Å². The first-order valence-electron chi connectivity index (χ1n) is 6.04. The van der Waals surface area contributed by atoms with Gasteiger partial charge in [-0.2, -0.15) is 0 Å². The summed E-state index contributed by atoms with van der Waals surface area (Å²) < 4.78 is 10.5. The molecular weight excluding hydrogens is 234 g/mol. The van der Waals surface area contributed by atoms with Crippen LogP contribution in [0.3, 0.4) is 0 Å². The summed E-state index contributed by atoms with van der Waals surface area (Å²) >= 11 is 0. The molecule has 0 bridgehead atoms. The largest absolute Gasteiger partial charge is 0.478 e. The zero-order valence-corrected chi connectivity index (χ0v) is 9.91. The van der Waals surface area contributed by atoms with Crippen LogP contribution in [0.25, 0.3) is 0 Å². The average Bonchev–Trinajstić information content (AvgIpc) is 3.23. The normalized spacial score (nSPS) is 24.7. The lowest BCUT2D eigenvalue weighted by Crippen LogP contribution is -2.31. The molecule has 2 atom stereocenters. The molecular formula is C13H15NO4. The van der Waals surface area contributed by atoms with E-state index in [0.29, 0.717) is 17.8 Å². The minimum absolute atomic E-state index is 0.308. The van der Waals surface area contributed by atoms with Crippen molar-refractivity contribution < 1.29 is 19.4 Å². The number of carbonyl (C=O) groups is 1. The van der Waals surface area contributed by atoms with Crippen molar-refractivity contribution in [3.05, 3.63) is 29.8 Å². The van der Waals surface area contributed by atoms with Crippen LogP contribution in [-0.4, -0.2) is 49.6 Å². The van der Waals surface area contributed by atoms with Gasteiger partial charge in [0.25, 0.3) is 0 Å². The number of epoxide rings is 2. The van der Waals surface area contributed by atoms with E-state index in [-0.39, 0.29) is 0 Å². The second-order valence-corrected chi connectivity index (χ2v) is 4.67. The molecule has 1 N–H and O–H groups in total. The summed E-state index contributed by atoms with van der Waals surface area (Å²) in [4.78, 5) is 13.0. The number of carboxylic acid groups (broad SMARTS) is 1. The summed E-state index contributed by atoms with van der Waals surface area (Å²) in [5.41, 5.74) is 1.33. The van der Waals surface area contributed by atoms with Crippen molar-refractivity contribution in [2.24, 2.45) is 0 Å². The summed E-state index contributed by atoms with van der Waals surface area (Å²) in [7, 11) is 0. The van der Waals surface area contributed by atoms with Gasteiger partial charge in [0.05, 0.1) is 31.0 Å². The zero-order chi connectivity index (χ0) is 12.5. The molecule has 0 aromatic heterocycles. The SMILES string of the molecule is O=C(O)c1ccc(N(CC2CO2)CC2CO2)cc1. The van der Waals surface area contributed by atoms with Gasteiger partial charge in [0.1, 0.15) is 0 Å². The first-order chi connectivity index (χ1) is 8.72. The second-order valence-electron chi connectivity index (χ2n) is 4.67. The second kappa shape index (κ2) is 4.59. The Morgan fingerprint density at radius 2 is 1.67 bits per heavy atom. The number of nitrogens with zero attached hydrogens (tertiary/aromatic N) is 1. The van der Waals surface area contributed by atoms with Gasteiger partial charge >= 0.3 is 5.97 Å². The van der Waals surface area contributed by atoms with Gasteiger partial charge in [0.15, 0.2) is 0 Å². The maximum atomic E-state index is 10.8. The number of hydrogen-bond donors (Lipinski definition) is 1. The Bertz CT molecular complexity index is 423. The molecule has 2 aliphatic rings. The van der Waals surface area contributed by atoms with Crippen LogP contribution < -0.4 is 4.90 Å². The topological polar surface area (TPSA) is 65.6 Å². The van der Waals surface area contributed by atoms with E-state index >= 15 is 0 Å². The van der Waals surface area contributed by atoms with Crippen molar-refractivity contribution >= 4 is 11.7 Å². The molecule has 2 fully saturated rings. The third-order valence-electron chi connectivity index (χ3n) is 3.13. The van der Waals surface area contributed by atoms with Crippen molar-refractivity contribution in [3.63, 3.8) is 0 Å². The van der Waals surface area contributed by atoms with Crippen molar-refractivity contribution in [1.29, 1.82) is 0 Å². The standard InChI is InChI=1S/C13H15NO4/c15-13(16)9-1-3-10(4-2-9)14(5-11-7-17-11)6-12-8-18-12/h1-4,11-12H,5-8H2,(H,15,16). The Hall–Kier alpha value is -1.59. The highest BCUT2D eigenvalue weighted by atomic mass is 16.6. The lowest BCUT2D eigenvalue weighted by atomic mass is 10.2. The molecule has 0 saturated carbocycles. The van der Waals surface area contributed by atoms with Crippen LogP contribution in [-0.2, 0) is 9.47 Å². The Kier molecular flexibility index (Phi) is 2.93. The van der Waals surface area contributed by atoms with E-state index in [1.165, 1.54) is 0 Å². The molecule has 3 rings (SSSR count). The maximum Gasteiger partial charge on any atom is 0.335 e. The smallest absolute Gasteiger partial charge is 0.335 e. The average molecular weight is 249 g/mol. The zero-order valence-electron chi connectivity index (χ0n) is 9.91. The number of aromatic carboxylic acids is 1. The Balaban J connectivity index is 1.72. The lowest BCUT2D eigenvalue weighted by molar-refractivity contribution is 0.0697. The molecule has 2 saturated heterocycles. The van der Waals surface area contributed by atoms with Crippen molar-refractivity contribution in [3.8, 4) is 0 Å². The molecule has 0 radical (unpaired) electrons. The quantitative estimate of drug-likeness (QED) is 0.761. The molecule has 2 heterocycles. The number of rotatable bonds is 6. The van der Waals surface area contributed by atoms with Gasteiger partial charge in [-0.25, -0.2) is 4.79 Å². The summed E-state index contributed by atoms with van der Waals surface area (Å²) in [6.07, 6.45) is 0.616. The molecule has 1 aromatic rings. The van der Waals surface area contributed by atoms with E-state index in [9.17, 15) is 4.79 Å². The van der Waals surface area contributed by atoms with E-state index in [4.69, 9.17) is 14.6 Å². The van der Waals surface area contributed by atoms with Crippen LogP contribution >= 0.6 is 0 Å². The third kappa shape index (κ3) is 2.80. The highest BCUT2D eigenvalue weighted by Gasteiger charge is 2.30. The fourth-order valence-corrected chi connectivity index (χ4v) is 1.94. The Morgan fingerprint density at radius 3 is 2.06 bits per heavy atom. The van der Waals surface area contributed by atoms with Crippen molar-refractivity contribution in [1.82, 2.24) is 0 Å². The number of hydrogen-bond acceptors (Lipinski definition) is 4. The molecule has 18 heavy (non-hydrogen) atoms. The summed E-state index contributed by atoms with van der Waals surface area (Å²) in [6.45, 7) is 3.31. The summed E-state index contributed by atoms with van der Waals surface area (Å²) in [5, 5.41) is 8.87. The number of benzene rings is 1. The molecule has 5 nitrogen and oxygen atoms in total. The van der Waals surface area contributed by atoms with Gasteiger partial charge in [-0.3, -0.25) is 0 Å². The fraction of sp³-hybridized carbons (Fsp3) is 0.462. The van der Waals surface area contributed by atoms with Gasteiger partial charge < -0.3 is 19.5 Å². The van der Waals surface area contributed by atoms with Crippen molar-refractivity contribution in [2.45, 2.75) is 12.2 Å². The highest BCUT2D eigenvalue weighted by Crippen LogP contribution is 2.22. The molecule has 2 unspecified atom stereocenters. The van der Waals surface area contributed by atoms with Crippen molar-refractivity contribution in [2.75, 3.05) is 31.2 Å². The molecule has 2 aliphatic heterocycles. The van der Waals surface area contributed by atoms with E-state index in [1.807, 2.05) is 12.1 Å². The van der Waals surface area contributed by atoms with Crippen LogP contribution in [0.5, 0.6) is 0 Å². The van der Waals surface area contributed by atoms with Gasteiger partial charge in [0, 0.05) is 18.8 Å². The lowest BCUT2D eigenvalue weighted by Gasteiger charge is -2.23. The first-order valence-corrected chi connectivity index (χ1v) is 6.04. The fourth-order valence-electron chi connectivity index (χ4n) is 1.94. The number of anilines is 1. The maximum absolute atomic E-state index is 10.8. The van der Waals surface area contributed by atoms with Gasteiger partial charge in [-0.15, -0.1) is 0 Å². The van der Waals surface area contributed by atoms with Crippen LogP contribution in [0.4, 0.5) is 5.69 Å². The van der Waals surface area contributed by atoms with Gasteiger partial charge in [0.2, 0.25) is 0 Å². The molecule has 0 amide bonds. The molecule has 0 aliphatic carbocycles. The van der Waals surface area contributed by atoms with E-state index in [1.54, 1.807) is 12.1 Å². The molecule has 5 heteroatoms. The monoisotopic (exact) mass is 249 g/mol. The Labute approximate surface area is 105 Å². The van der Waals surface area contributed by atoms with E-state index in [2.05, 4.69) is 4.90 Å². The van der Waals surface area contributed by atoms with Crippen LogP contribution in [0.2, 0.25) is 0 Å². The van der Waals surface area contributed by atoms with E-state index < -0.39 is 5.97 Å². The molecule has 96 valence electrons. The van der Waals surface area contributed by atoms with Crippen LogP contribution in [0.15, 0.2) is 24.3 Å². The third-order valence-corrected chi connectivity index (χ3v) is 3.13. The molecule has 1 aromatic carbocycles. The minimum atomic E-state index is -0.899. The van der Waals surface area contributed by atoms with E-state index in [0.717, 1.165) is 32.0 Å². The summed E-state index contributed by atoms with van der Waals surface area (Å²) in [5.74, 6) is -0.899. The predicted molar refractivity (Wildman–Crippen MR) is 65.1 cm³/mol.